The van der Waals surface area contributed by atoms with E-state index < -0.39 is 10.0 Å². The molecule has 2 N–H and O–H groups in total. The van der Waals surface area contributed by atoms with E-state index in [0.717, 1.165) is 11.3 Å². The molecule has 6 nitrogen and oxygen atoms in total. The van der Waals surface area contributed by atoms with Crippen LogP contribution in [0.4, 0.5) is 0 Å². The lowest BCUT2D eigenvalue weighted by Crippen LogP contribution is -2.22. The highest BCUT2D eigenvalue weighted by Crippen LogP contribution is 2.20. The average molecular weight is 329 g/mol. The molecule has 2 heterocycles. The third-order valence-electron chi connectivity index (χ3n) is 2.72. The summed E-state index contributed by atoms with van der Waals surface area (Å²) in [6.07, 6.45) is 0. The number of hydrogen-bond donors (Lipinski definition) is 2. The summed E-state index contributed by atoms with van der Waals surface area (Å²) in [6.45, 7) is 6.64. The Morgan fingerprint density at radius 3 is 2.71 bits per heavy atom. The molecule has 0 radical (unpaired) electrons. The van der Waals surface area contributed by atoms with Crippen LogP contribution < -0.4 is 10.0 Å². The van der Waals surface area contributed by atoms with Gasteiger partial charge in [-0.15, -0.1) is 11.3 Å². The van der Waals surface area contributed by atoms with Crippen molar-refractivity contribution in [3.05, 3.63) is 34.5 Å². The topological polar surface area (TPSA) is 84.2 Å². The number of aromatic nitrogens is 1. The SMILES string of the molecule is Cc1cc(CNS(=O)(=O)c2cc(CNC(C)C)cs2)on1. The molecule has 0 atom stereocenters. The maximum Gasteiger partial charge on any atom is 0.250 e. The third kappa shape index (κ3) is 4.63. The lowest BCUT2D eigenvalue weighted by molar-refractivity contribution is 0.377. The molecule has 0 aliphatic heterocycles. The van der Waals surface area contributed by atoms with Crippen LogP contribution in [-0.2, 0) is 23.1 Å². The summed E-state index contributed by atoms with van der Waals surface area (Å²) >= 11 is 1.21. The zero-order chi connectivity index (χ0) is 15.5. The number of thiophene rings is 1. The van der Waals surface area contributed by atoms with Crippen LogP contribution in [0.1, 0.15) is 30.9 Å². The van der Waals surface area contributed by atoms with Gasteiger partial charge in [0.1, 0.15) is 4.21 Å². The van der Waals surface area contributed by atoms with Gasteiger partial charge in [0.2, 0.25) is 10.0 Å². The van der Waals surface area contributed by atoms with E-state index in [-0.39, 0.29) is 6.54 Å². The molecule has 2 aromatic heterocycles. The van der Waals surface area contributed by atoms with Gasteiger partial charge in [-0.2, -0.15) is 0 Å². The fourth-order valence-corrected chi connectivity index (χ4v) is 3.89. The number of hydrogen-bond acceptors (Lipinski definition) is 6. The Balaban J connectivity index is 1.99. The van der Waals surface area contributed by atoms with E-state index in [1.807, 2.05) is 19.2 Å². The van der Waals surface area contributed by atoms with Crippen LogP contribution >= 0.6 is 11.3 Å². The van der Waals surface area contributed by atoms with Gasteiger partial charge in [0, 0.05) is 18.7 Å². The molecule has 0 amide bonds. The second-order valence-corrected chi connectivity index (χ2v) is 7.97. The van der Waals surface area contributed by atoms with Gasteiger partial charge >= 0.3 is 0 Å². The summed E-state index contributed by atoms with van der Waals surface area (Å²) in [5, 5.41) is 8.82. The Bertz CT molecular complexity index is 689. The van der Waals surface area contributed by atoms with Crippen LogP contribution in [0, 0.1) is 6.92 Å². The van der Waals surface area contributed by atoms with E-state index in [4.69, 9.17) is 4.52 Å². The molecule has 0 aliphatic rings. The van der Waals surface area contributed by atoms with Crippen molar-refractivity contribution in [3.8, 4) is 0 Å². The minimum Gasteiger partial charge on any atom is -0.360 e. The van der Waals surface area contributed by atoms with Gasteiger partial charge in [0.05, 0.1) is 12.2 Å². The predicted molar refractivity (Wildman–Crippen MR) is 81.6 cm³/mol. The maximum absolute atomic E-state index is 12.2. The molecule has 8 heteroatoms. The number of nitrogens with zero attached hydrogens (tertiary/aromatic N) is 1. The van der Waals surface area contributed by atoms with Gasteiger partial charge in [-0.05, 0) is 23.9 Å². The summed E-state index contributed by atoms with van der Waals surface area (Å²) in [7, 11) is -3.51. The molecule has 0 bridgehead atoms. The molecule has 2 aromatic rings. The molecule has 116 valence electrons. The Morgan fingerprint density at radius 1 is 1.33 bits per heavy atom. The summed E-state index contributed by atoms with van der Waals surface area (Å²) in [5.74, 6) is 0.495. The number of sulfonamides is 1. The standard InChI is InChI=1S/C13H19N3O3S2/c1-9(2)14-6-11-5-13(20-8-11)21(17,18)15-7-12-4-10(3)16-19-12/h4-5,8-9,14-15H,6-7H2,1-3H3. The Hall–Kier alpha value is -1.22. The first kappa shape index (κ1) is 16.2. The molecule has 0 aliphatic carbocycles. The first-order valence-corrected chi connectivity index (χ1v) is 8.96. The number of aryl methyl sites for hydroxylation is 1. The molecule has 0 saturated carbocycles. The van der Waals surface area contributed by atoms with Crippen molar-refractivity contribution in [3.63, 3.8) is 0 Å². The van der Waals surface area contributed by atoms with Crippen LogP contribution in [0.15, 0.2) is 26.2 Å². The van der Waals surface area contributed by atoms with Crippen molar-refractivity contribution in [2.45, 2.75) is 44.1 Å². The minimum atomic E-state index is -3.51. The van der Waals surface area contributed by atoms with Crippen molar-refractivity contribution in [1.82, 2.24) is 15.2 Å². The Morgan fingerprint density at radius 2 is 2.10 bits per heavy atom. The van der Waals surface area contributed by atoms with E-state index in [2.05, 4.69) is 15.2 Å². The molecule has 2 rings (SSSR count). The Labute approximate surface area is 128 Å². The van der Waals surface area contributed by atoms with Crippen molar-refractivity contribution in [2.75, 3.05) is 0 Å². The van der Waals surface area contributed by atoms with Gasteiger partial charge < -0.3 is 9.84 Å². The first-order valence-electron chi connectivity index (χ1n) is 6.59. The van der Waals surface area contributed by atoms with Crippen LogP contribution in [-0.4, -0.2) is 19.6 Å². The quantitative estimate of drug-likeness (QED) is 0.812. The second kappa shape index (κ2) is 6.69. The van der Waals surface area contributed by atoms with E-state index in [1.165, 1.54) is 11.3 Å². The minimum absolute atomic E-state index is 0.0979. The van der Waals surface area contributed by atoms with Crippen molar-refractivity contribution >= 4 is 21.4 Å². The lowest BCUT2D eigenvalue weighted by Gasteiger charge is -2.05. The van der Waals surface area contributed by atoms with Crippen LogP contribution in [0.5, 0.6) is 0 Å². The van der Waals surface area contributed by atoms with Crippen molar-refractivity contribution in [1.29, 1.82) is 0 Å². The summed E-state index contributed by atoms with van der Waals surface area (Å²) in [4.78, 5) is 0. The van der Waals surface area contributed by atoms with Crippen LogP contribution in [0.2, 0.25) is 0 Å². The van der Waals surface area contributed by atoms with E-state index in [0.29, 0.717) is 22.6 Å². The first-order chi connectivity index (χ1) is 9.87. The highest BCUT2D eigenvalue weighted by atomic mass is 32.2. The number of nitrogens with one attached hydrogen (secondary N) is 2. The van der Waals surface area contributed by atoms with Gasteiger partial charge in [-0.3, -0.25) is 0 Å². The fraction of sp³-hybridized carbons (Fsp3) is 0.462. The third-order valence-corrected chi connectivity index (χ3v) is 5.61. The number of rotatable bonds is 7. The average Bonchev–Trinajstić information content (AvgIpc) is 3.03. The van der Waals surface area contributed by atoms with Gasteiger partial charge in [-0.1, -0.05) is 19.0 Å². The second-order valence-electron chi connectivity index (χ2n) is 5.07. The van der Waals surface area contributed by atoms with Crippen LogP contribution in [0.3, 0.4) is 0 Å². The molecule has 0 aromatic carbocycles. The zero-order valence-corrected chi connectivity index (χ0v) is 13.8. The van der Waals surface area contributed by atoms with Gasteiger partial charge in [0.25, 0.3) is 0 Å². The van der Waals surface area contributed by atoms with Crippen molar-refractivity contribution < 1.29 is 12.9 Å². The van der Waals surface area contributed by atoms with E-state index >= 15 is 0 Å². The van der Waals surface area contributed by atoms with E-state index in [9.17, 15) is 8.42 Å². The maximum atomic E-state index is 12.2. The lowest BCUT2D eigenvalue weighted by atomic mass is 10.3. The van der Waals surface area contributed by atoms with Gasteiger partial charge in [-0.25, -0.2) is 13.1 Å². The Kier molecular flexibility index (Phi) is 5.15. The largest absolute Gasteiger partial charge is 0.360 e. The highest BCUT2D eigenvalue weighted by Gasteiger charge is 2.17. The van der Waals surface area contributed by atoms with Gasteiger partial charge in [0.15, 0.2) is 5.76 Å². The van der Waals surface area contributed by atoms with E-state index in [1.54, 1.807) is 19.1 Å². The van der Waals surface area contributed by atoms with Crippen LogP contribution in [0.25, 0.3) is 0 Å². The molecule has 0 unspecified atom stereocenters. The molecular weight excluding hydrogens is 310 g/mol. The fourth-order valence-electron chi connectivity index (χ4n) is 1.65. The smallest absolute Gasteiger partial charge is 0.250 e. The molecule has 0 spiro atoms. The normalized spacial score (nSPS) is 12.2. The zero-order valence-electron chi connectivity index (χ0n) is 12.2. The summed E-state index contributed by atoms with van der Waals surface area (Å²) in [5.41, 5.74) is 1.69. The van der Waals surface area contributed by atoms with Crippen molar-refractivity contribution in [2.24, 2.45) is 0 Å². The molecular formula is C13H19N3O3S2. The molecule has 0 fully saturated rings. The monoisotopic (exact) mass is 329 g/mol. The highest BCUT2D eigenvalue weighted by molar-refractivity contribution is 7.91. The summed E-state index contributed by atoms with van der Waals surface area (Å²) < 4.78 is 32.2. The molecule has 0 saturated heterocycles. The summed E-state index contributed by atoms with van der Waals surface area (Å²) in [6, 6.07) is 3.75. The molecule has 21 heavy (non-hydrogen) atoms. The predicted octanol–water partition coefficient (Wildman–Crippen LogP) is 2.02.